The molecule has 5 aliphatic carbocycles. The van der Waals surface area contributed by atoms with Crippen LogP contribution >= 0.6 is 0 Å². The molecule has 3 saturated carbocycles. The quantitative estimate of drug-likeness (QED) is 0.676. The standard InChI is InChI=1S/C24H30O4/c1-13(25)24(28-14(2)26)10-8-18-16-6-5-15-11-21(27)17-12-20(17)23(15,4)19(16)7-9-22(18,24)3/h5-6,11,16-20H,7-10,12H2,1-4H3/t16-,17-,18+,19+,20+,22+,23+,24+/m1/s1. The van der Waals surface area contributed by atoms with Gasteiger partial charge in [-0.2, -0.15) is 0 Å². The van der Waals surface area contributed by atoms with Crippen LogP contribution < -0.4 is 0 Å². The highest BCUT2D eigenvalue weighted by Gasteiger charge is 2.69. The predicted molar refractivity (Wildman–Crippen MR) is 104 cm³/mol. The second-order valence-electron chi connectivity index (χ2n) is 10.4. The Labute approximate surface area is 166 Å². The monoisotopic (exact) mass is 382 g/mol. The van der Waals surface area contributed by atoms with Gasteiger partial charge in [0.15, 0.2) is 17.2 Å². The molecule has 0 aromatic rings. The fraction of sp³-hybridized carbons (Fsp3) is 0.708. The van der Waals surface area contributed by atoms with Gasteiger partial charge in [0.25, 0.3) is 0 Å². The van der Waals surface area contributed by atoms with Crippen LogP contribution in [-0.2, 0) is 19.1 Å². The number of allylic oxidation sites excluding steroid dienone is 4. The molecule has 3 fully saturated rings. The summed E-state index contributed by atoms with van der Waals surface area (Å²) in [6.07, 6.45) is 10.9. The van der Waals surface area contributed by atoms with Gasteiger partial charge in [0, 0.05) is 18.3 Å². The third kappa shape index (κ3) is 1.99. The summed E-state index contributed by atoms with van der Waals surface area (Å²) in [7, 11) is 0. The Morgan fingerprint density at radius 2 is 1.79 bits per heavy atom. The zero-order valence-electron chi connectivity index (χ0n) is 17.3. The molecule has 28 heavy (non-hydrogen) atoms. The van der Waals surface area contributed by atoms with Gasteiger partial charge in [0.05, 0.1) is 0 Å². The number of rotatable bonds is 2. The van der Waals surface area contributed by atoms with Gasteiger partial charge in [-0.25, -0.2) is 0 Å². The van der Waals surface area contributed by atoms with E-state index in [0.717, 1.165) is 25.7 Å². The number of fused-ring (bicyclic) bond motifs is 7. The minimum Gasteiger partial charge on any atom is -0.451 e. The largest absolute Gasteiger partial charge is 0.451 e. The summed E-state index contributed by atoms with van der Waals surface area (Å²) >= 11 is 0. The zero-order valence-corrected chi connectivity index (χ0v) is 17.3. The molecule has 5 aliphatic rings. The fourth-order valence-electron chi connectivity index (χ4n) is 7.96. The third-order valence-corrected chi connectivity index (χ3v) is 9.45. The van der Waals surface area contributed by atoms with Crippen molar-refractivity contribution in [1.29, 1.82) is 0 Å². The highest BCUT2D eigenvalue weighted by atomic mass is 16.6. The van der Waals surface area contributed by atoms with Gasteiger partial charge in [0.1, 0.15) is 0 Å². The van der Waals surface area contributed by atoms with E-state index >= 15 is 0 Å². The molecule has 0 spiro atoms. The minimum absolute atomic E-state index is 0.0109. The van der Waals surface area contributed by atoms with Crippen molar-refractivity contribution in [2.45, 2.75) is 65.4 Å². The lowest BCUT2D eigenvalue weighted by atomic mass is 9.47. The first-order valence-corrected chi connectivity index (χ1v) is 10.8. The number of ketones is 2. The van der Waals surface area contributed by atoms with E-state index in [2.05, 4.69) is 26.0 Å². The number of ether oxygens (including phenoxy) is 1. The van der Waals surface area contributed by atoms with E-state index < -0.39 is 5.60 Å². The maximum atomic E-state index is 12.8. The number of hydrogen-bond acceptors (Lipinski definition) is 4. The van der Waals surface area contributed by atoms with E-state index in [-0.39, 0.29) is 28.5 Å². The maximum Gasteiger partial charge on any atom is 0.303 e. The van der Waals surface area contributed by atoms with Crippen LogP contribution in [0.25, 0.3) is 0 Å². The van der Waals surface area contributed by atoms with Crippen LogP contribution in [0, 0.1) is 40.4 Å². The smallest absolute Gasteiger partial charge is 0.303 e. The molecule has 5 rings (SSSR count). The van der Waals surface area contributed by atoms with E-state index in [4.69, 9.17) is 4.74 Å². The molecule has 0 amide bonds. The lowest BCUT2D eigenvalue weighted by molar-refractivity contribution is -0.185. The van der Waals surface area contributed by atoms with Crippen molar-refractivity contribution < 1.29 is 19.1 Å². The van der Waals surface area contributed by atoms with E-state index in [1.807, 2.05) is 6.08 Å². The molecule has 0 aliphatic heterocycles. The Morgan fingerprint density at radius 1 is 1.07 bits per heavy atom. The molecule has 8 atom stereocenters. The first kappa shape index (κ1) is 18.3. The summed E-state index contributed by atoms with van der Waals surface area (Å²) in [5, 5.41) is 0. The van der Waals surface area contributed by atoms with Gasteiger partial charge in [-0.1, -0.05) is 26.0 Å². The van der Waals surface area contributed by atoms with E-state index in [0.29, 0.717) is 35.9 Å². The topological polar surface area (TPSA) is 60.4 Å². The van der Waals surface area contributed by atoms with E-state index in [9.17, 15) is 14.4 Å². The van der Waals surface area contributed by atoms with Gasteiger partial charge in [0.2, 0.25) is 0 Å². The van der Waals surface area contributed by atoms with Gasteiger partial charge >= 0.3 is 5.97 Å². The third-order valence-electron chi connectivity index (χ3n) is 9.45. The molecule has 0 aromatic carbocycles. The van der Waals surface area contributed by atoms with Crippen LogP contribution in [0.1, 0.15) is 59.8 Å². The summed E-state index contributed by atoms with van der Waals surface area (Å²) in [4.78, 5) is 37.0. The van der Waals surface area contributed by atoms with E-state index in [1.165, 1.54) is 12.5 Å². The number of Topliss-reactive ketones (excluding diaryl/α,β-unsaturated/α-hetero) is 1. The second kappa shape index (κ2) is 5.46. The molecule has 150 valence electrons. The van der Waals surface area contributed by atoms with Crippen LogP contribution in [0.2, 0.25) is 0 Å². The average molecular weight is 383 g/mol. The van der Waals surface area contributed by atoms with Crippen LogP contribution in [-0.4, -0.2) is 23.1 Å². The Bertz CT molecular complexity index is 853. The van der Waals surface area contributed by atoms with Gasteiger partial charge in [-0.05, 0) is 79.8 Å². The molecular formula is C24H30O4. The Kier molecular flexibility index (Phi) is 3.57. The van der Waals surface area contributed by atoms with Gasteiger partial charge in [-0.3, -0.25) is 14.4 Å². The number of hydrogen-bond donors (Lipinski definition) is 0. The first-order chi connectivity index (χ1) is 13.1. The van der Waals surface area contributed by atoms with Crippen molar-refractivity contribution >= 4 is 17.5 Å². The van der Waals surface area contributed by atoms with Crippen LogP contribution in [0.5, 0.6) is 0 Å². The summed E-state index contributed by atoms with van der Waals surface area (Å²) in [6, 6.07) is 0. The lowest BCUT2D eigenvalue weighted by Gasteiger charge is -2.57. The van der Waals surface area contributed by atoms with Crippen LogP contribution in [0.4, 0.5) is 0 Å². The molecule has 0 bridgehead atoms. The summed E-state index contributed by atoms with van der Waals surface area (Å²) in [5.41, 5.74) is -0.00957. The first-order valence-electron chi connectivity index (χ1n) is 10.8. The zero-order chi connectivity index (χ0) is 20.1. The highest BCUT2D eigenvalue weighted by Crippen LogP contribution is 2.71. The lowest BCUT2D eigenvalue weighted by Crippen LogP contribution is -2.58. The van der Waals surface area contributed by atoms with E-state index in [1.54, 1.807) is 6.92 Å². The Hall–Kier alpha value is -1.71. The minimum atomic E-state index is -0.982. The number of esters is 1. The van der Waals surface area contributed by atoms with Crippen molar-refractivity contribution in [2.24, 2.45) is 40.4 Å². The molecule has 0 radical (unpaired) electrons. The summed E-state index contributed by atoms with van der Waals surface area (Å²) in [5.74, 6) is 1.87. The number of carbonyl (C=O) groups is 3. The van der Waals surface area contributed by atoms with Crippen LogP contribution in [0.15, 0.2) is 23.8 Å². The van der Waals surface area contributed by atoms with Crippen LogP contribution in [0.3, 0.4) is 0 Å². The molecule has 0 saturated heterocycles. The predicted octanol–water partition coefficient (Wildman–Crippen LogP) is 4.04. The normalized spacial score (nSPS) is 50.6. The molecular weight excluding hydrogens is 352 g/mol. The van der Waals surface area contributed by atoms with Crippen molar-refractivity contribution in [3.63, 3.8) is 0 Å². The second-order valence-corrected chi connectivity index (χ2v) is 10.4. The van der Waals surface area contributed by atoms with Crippen molar-refractivity contribution in [3.8, 4) is 0 Å². The fourth-order valence-corrected chi connectivity index (χ4v) is 7.96. The van der Waals surface area contributed by atoms with Gasteiger partial charge in [-0.15, -0.1) is 0 Å². The van der Waals surface area contributed by atoms with Crippen molar-refractivity contribution in [1.82, 2.24) is 0 Å². The Morgan fingerprint density at radius 3 is 2.46 bits per heavy atom. The summed E-state index contributed by atoms with van der Waals surface area (Å²) < 4.78 is 5.82. The molecule has 0 heterocycles. The molecule has 4 heteroatoms. The summed E-state index contributed by atoms with van der Waals surface area (Å²) in [6.45, 7) is 7.55. The van der Waals surface area contributed by atoms with Crippen molar-refractivity contribution in [3.05, 3.63) is 23.8 Å². The SMILES string of the molecule is CC(=O)O[C@]1(C(C)=O)CC[C@H]2[C@H]3C=CC4=CC(=O)[C@@H]5C[C@@H]5[C@]4(C)[C@H]3CC[C@@]21C. The molecule has 0 N–H and O–H groups in total. The number of carbonyl (C=O) groups excluding carboxylic acids is 3. The molecule has 4 nitrogen and oxygen atoms in total. The average Bonchev–Trinajstić information content (AvgIpc) is 3.37. The maximum absolute atomic E-state index is 12.8. The molecule has 0 aromatic heterocycles. The molecule has 0 unspecified atom stereocenters. The van der Waals surface area contributed by atoms with Gasteiger partial charge < -0.3 is 4.74 Å². The Balaban J connectivity index is 1.56. The van der Waals surface area contributed by atoms with Crippen molar-refractivity contribution in [2.75, 3.05) is 0 Å². The highest BCUT2D eigenvalue weighted by molar-refractivity contribution is 5.97.